The van der Waals surface area contributed by atoms with E-state index in [0.29, 0.717) is 23.9 Å². The number of hydrogen-bond donors (Lipinski definition) is 1. The fourth-order valence-electron chi connectivity index (χ4n) is 2.62. The number of rotatable bonds is 2. The average molecular weight is 296 g/mol. The van der Waals surface area contributed by atoms with Crippen LogP contribution in [0.5, 0.6) is 0 Å². The van der Waals surface area contributed by atoms with E-state index in [0.717, 1.165) is 37.3 Å². The van der Waals surface area contributed by atoms with Gasteiger partial charge >= 0.3 is 6.18 Å². The smallest absolute Gasteiger partial charge is 0.330 e. The van der Waals surface area contributed by atoms with Crippen molar-refractivity contribution in [3.05, 3.63) is 35.7 Å². The summed E-state index contributed by atoms with van der Waals surface area (Å²) in [6.45, 7) is 1.36. The van der Waals surface area contributed by atoms with Crippen molar-refractivity contribution in [3.8, 4) is 11.4 Å². The third-order valence-electron chi connectivity index (χ3n) is 3.86. The summed E-state index contributed by atoms with van der Waals surface area (Å²) in [7, 11) is 0. The van der Waals surface area contributed by atoms with Crippen LogP contribution in [0.1, 0.15) is 17.8 Å². The number of alkyl halides is 3. The summed E-state index contributed by atoms with van der Waals surface area (Å²) in [5.74, 6) is 1.88. The third-order valence-corrected chi connectivity index (χ3v) is 3.86. The van der Waals surface area contributed by atoms with Crippen molar-refractivity contribution in [2.45, 2.75) is 25.6 Å². The van der Waals surface area contributed by atoms with Crippen LogP contribution in [0.3, 0.4) is 0 Å². The van der Waals surface area contributed by atoms with E-state index in [9.17, 15) is 13.2 Å². The molecule has 1 aliphatic heterocycles. The van der Waals surface area contributed by atoms with E-state index in [1.807, 2.05) is 4.57 Å². The Bertz CT molecular complexity index is 631. The lowest BCUT2D eigenvalue weighted by molar-refractivity contribution is -0.137. The van der Waals surface area contributed by atoms with Gasteiger partial charge in [0.05, 0.1) is 5.56 Å². The lowest BCUT2D eigenvalue weighted by atomic mass is 9.98. The highest BCUT2D eigenvalue weighted by Crippen LogP contribution is 2.31. The Morgan fingerprint density at radius 1 is 1.19 bits per heavy atom. The molecule has 0 radical (unpaired) electrons. The minimum absolute atomic E-state index is 0.405. The standard InChI is InChI=1S/C14H15F3N4/c15-14(16,17)11-3-1-10(2-4-11)13-20-19-12-7-9(8-18)5-6-21(12)13/h1-4,9H,5-8,18H2. The van der Waals surface area contributed by atoms with Gasteiger partial charge in [0.2, 0.25) is 0 Å². The Morgan fingerprint density at radius 2 is 1.90 bits per heavy atom. The lowest BCUT2D eigenvalue weighted by Crippen LogP contribution is -2.25. The highest BCUT2D eigenvalue weighted by atomic mass is 19.4. The first-order valence-electron chi connectivity index (χ1n) is 6.79. The average Bonchev–Trinajstić information content (AvgIpc) is 2.89. The molecule has 1 atom stereocenters. The molecule has 1 aromatic carbocycles. The van der Waals surface area contributed by atoms with Crippen LogP contribution in [-0.4, -0.2) is 21.3 Å². The molecule has 112 valence electrons. The minimum Gasteiger partial charge on any atom is -0.330 e. The number of aromatic nitrogens is 3. The van der Waals surface area contributed by atoms with Crippen molar-refractivity contribution < 1.29 is 13.2 Å². The molecule has 2 aromatic rings. The Hall–Kier alpha value is -1.89. The van der Waals surface area contributed by atoms with Crippen LogP contribution in [0.25, 0.3) is 11.4 Å². The van der Waals surface area contributed by atoms with Crippen LogP contribution in [0.15, 0.2) is 24.3 Å². The molecular weight excluding hydrogens is 281 g/mol. The zero-order valence-electron chi connectivity index (χ0n) is 11.3. The first kappa shape index (κ1) is 14.1. The van der Waals surface area contributed by atoms with E-state index >= 15 is 0 Å². The molecule has 1 aromatic heterocycles. The van der Waals surface area contributed by atoms with Crippen LogP contribution >= 0.6 is 0 Å². The zero-order chi connectivity index (χ0) is 15.0. The van der Waals surface area contributed by atoms with Gasteiger partial charge in [-0.25, -0.2) is 0 Å². The number of nitrogens with zero attached hydrogens (tertiary/aromatic N) is 3. The Kier molecular flexibility index (Phi) is 3.44. The van der Waals surface area contributed by atoms with E-state index < -0.39 is 11.7 Å². The van der Waals surface area contributed by atoms with Crippen LogP contribution in [0, 0.1) is 5.92 Å². The van der Waals surface area contributed by atoms with E-state index in [-0.39, 0.29) is 0 Å². The quantitative estimate of drug-likeness (QED) is 0.926. The van der Waals surface area contributed by atoms with Crippen molar-refractivity contribution in [3.63, 3.8) is 0 Å². The topological polar surface area (TPSA) is 56.7 Å². The maximum Gasteiger partial charge on any atom is 0.416 e. The zero-order valence-corrected chi connectivity index (χ0v) is 11.3. The first-order valence-corrected chi connectivity index (χ1v) is 6.79. The minimum atomic E-state index is -4.32. The number of fused-ring (bicyclic) bond motifs is 1. The Morgan fingerprint density at radius 3 is 2.52 bits per heavy atom. The number of hydrogen-bond acceptors (Lipinski definition) is 3. The molecule has 0 fully saturated rings. The molecule has 0 aliphatic carbocycles. The maximum atomic E-state index is 12.6. The normalized spacial score (nSPS) is 18.6. The molecule has 1 aliphatic rings. The fourth-order valence-corrected chi connectivity index (χ4v) is 2.62. The highest BCUT2D eigenvalue weighted by molar-refractivity contribution is 5.56. The van der Waals surface area contributed by atoms with Crippen LogP contribution in [0.4, 0.5) is 13.2 Å². The Balaban J connectivity index is 1.90. The van der Waals surface area contributed by atoms with Crippen LogP contribution in [0.2, 0.25) is 0 Å². The SMILES string of the molecule is NCC1CCn2c(nnc2-c2ccc(C(F)(F)F)cc2)C1. The second kappa shape index (κ2) is 5.14. The molecular formula is C14H15F3N4. The maximum absolute atomic E-state index is 12.6. The molecule has 4 nitrogen and oxygen atoms in total. The largest absolute Gasteiger partial charge is 0.416 e. The molecule has 0 spiro atoms. The van der Waals surface area contributed by atoms with Crippen molar-refractivity contribution in [1.29, 1.82) is 0 Å². The summed E-state index contributed by atoms with van der Waals surface area (Å²) in [6.07, 6.45) is -2.61. The van der Waals surface area contributed by atoms with Gasteiger partial charge in [-0.1, -0.05) is 12.1 Å². The Labute approximate surface area is 119 Å². The van der Waals surface area contributed by atoms with E-state index in [4.69, 9.17) is 5.73 Å². The molecule has 0 saturated heterocycles. The molecule has 2 heterocycles. The lowest BCUT2D eigenvalue weighted by Gasteiger charge is -2.22. The van der Waals surface area contributed by atoms with Gasteiger partial charge in [-0.2, -0.15) is 13.2 Å². The van der Waals surface area contributed by atoms with E-state index in [1.54, 1.807) is 0 Å². The molecule has 7 heteroatoms. The van der Waals surface area contributed by atoms with Gasteiger partial charge in [0.15, 0.2) is 5.82 Å². The first-order chi connectivity index (χ1) is 9.99. The van der Waals surface area contributed by atoms with Gasteiger partial charge in [0.1, 0.15) is 5.82 Å². The molecule has 0 bridgehead atoms. The van der Waals surface area contributed by atoms with Gasteiger partial charge < -0.3 is 10.3 Å². The second-order valence-corrected chi connectivity index (χ2v) is 5.26. The van der Waals surface area contributed by atoms with Gasteiger partial charge in [-0.15, -0.1) is 10.2 Å². The summed E-state index contributed by atoms with van der Waals surface area (Å²) in [5, 5.41) is 8.26. The van der Waals surface area contributed by atoms with Crippen molar-refractivity contribution in [2.24, 2.45) is 11.7 Å². The van der Waals surface area contributed by atoms with Crippen molar-refractivity contribution in [2.75, 3.05) is 6.54 Å². The van der Waals surface area contributed by atoms with Crippen molar-refractivity contribution >= 4 is 0 Å². The molecule has 1 unspecified atom stereocenters. The fraction of sp³-hybridized carbons (Fsp3) is 0.429. The summed E-state index contributed by atoms with van der Waals surface area (Å²) in [5.41, 5.74) is 5.66. The molecule has 0 saturated carbocycles. The highest BCUT2D eigenvalue weighted by Gasteiger charge is 2.30. The summed E-state index contributed by atoms with van der Waals surface area (Å²) in [6, 6.07) is 5.02. The predicted molar refractivity (Wildman–Crippen MR) is 71.3 cm³/mol. The van der Waals surface area contributed by atoms with Crippen LogP contribution in [-0.2, 0) is 19.1 Å². The summed E-state index contributed by atoms with van der Waals surface area (Å²) < 4.78 is 39.7. The third kappa shape index (κ3) is 2.65. The number of halogens is 3. The van der Waals surface area contributed by atoms with Crippen LogP contribution < -0.4 is 5.73 Å². The second-order valence-electron chi connectivity index (χ2n) is 5.26. The number of benzene rings is 1. The molecule has 21 heavy (non-hydrogen) atoms. The molecule has 0 amide bonds. The summed E-state index contributed by atoms with van der Waals surface area (Å²) >= 11 is 0. The van der Waals surface area contributed by atoms with Gasteiger partial charge in [-0.3, -0.25) is 0 Å². The monoisotopic (exact) mass is 296 g/mol. The van der Waals surface area contributed by atoms with E-state index in [2.05, 4.69) is 10.2 Å². The van der Waals surface area contributed by atoms with Crippen molar-refractivity contribution in [1.82, 2.24) is 14.8 Å². The summed E-state index contributed by atoms with van der Waals surface area (Å²) in [4.78, 5) is 0. The molecule has 2 N–H and O–H groups in total. The van der Waals surface area contributed by atoms with Gasteiger partial charge in [0, 0.05) is 18.5 Å². The molecule has 3 rings (SSSR count). The van der Waals surface area contributed by atoms with Gasteiger partial charge in [-0.05, 0) is 31.0 Å². The number of nitrogens with two attached hydrogens (primary N) is 1. The van der Waals surface area contributed by atoms with E-state index in [1.165, 1.54) is 12.1 Å². The predicted octanol–water partition coefficient (Wildman–Crippen LogP) is 2.49. The van der Waals surface area contributed by atoms with Gasteiger partial charge in [0.25, 0.3) is 0 Å².